The lowest BCUT2D eigenvalue weighted by Gasteiger charge is -2.15. The molecular weight excluding hydrogens is 230 g/mol. The zero-order valence-corrected chi connectivity index (χ0v) is 11.7. The highest BCUT2D eigenvalue weighted by Crippen LogP contribution is 2.33. The molecule has 1 aromatic rings. The number of hydrogen-bond acceptors (Lipinski definition) is 0. The van der Waals surface area contributed by atoms with Gasteiger partial charge in [0.2, 0.25) is 0 Å². The van der Waals surface area contributed by atoms with E-state index in [-0.39, 0.29) is 0 Å². The molecule has 0 heterocycles. The molecule has 18 heavy (non-hydrogen) atoms. The van der Waals surface area contributed by atoms with E-state index in [1.165, 1.54) is 37.8 Å². The van der Waals surface area contributed by atoms with Gasteiger partial charge in [0.25, 0.3) is 0 Å². The minimum absolute atomic E-state index is 0.462. The summed E-state index contributed by atoms with van der Waals surface area (Å²) in [4.78, 5) is 0. The molecule has 102 valence electrons. The van der Waals surface area contributed by atoms with Gasteiger partial charge in [-0.1, -0.05) is 40.0 Å². The van der Waals surface area contributed by atoms with Gasteiger partial charge >= 0.3 is 0 Å². The molecular formula is C16H24F2. The molecule has 1 aromatic carbocycles. The van der Waals surface area contributed by atoms with E-state index in [9.17, 15) is 8.78 Å². The van der Waals surface area contributed by atoms with Gasteiger partial charge in [-0.25, -0.2) is 8.78 Å². The lowest BCUT2D eigenvalue weighted by atomic mass is 9.91. The van der Waals surface area contributed by atoms with Crippen molar-refractivity contribution < 1.29 is 8.78 Å². The van der Waals surface area contributed by atoms with Gasteiger partial charge < -0.3 is 0 Å². The van der Waals surface area contributed by atoms with Crippen LogP contribution in [0.2, 0.25) is 0 Å². The van der Waals surface area contributed by atoms with Gasteiger partial charge in [0.1, 0.15) is 11.6 Å². The molecule has 0 saturated heterocycles. The van der Waals surface area contributed by atoms with Gasteiger partial charge in [-0.15, -0.1) is 0 Å². The Kier molecular flexibility index (Phi) is 6.31. The van der Waals surface area contributed by atoms with Gasteiger partial charge in [0.15, 0.2) is 0 Å². The number of halogens is 2. The molecule has 2 heteroatoms. The summed E-state index contributed by atoms with van der Waals surface area (Å²) in [6.07, 6.45) is 5.77. The number of benzene rings is 1. The molecule has 0 nitrogen and oxygen atoms in total. The van der Waals surface area contributed by atoms with Crippen molar-refractivity contribution in [2.45, 2.75) is 52.9 Å². The highest BCUT2D eigenvalue weighted by Gasteiger charge is 2.23. The Morgan fingerprint density at radius 3 is 2.06 bits per heavy atom. The lowest BCUT2D eigenvalue weighted by Crippen LogP contribution is -2.07. The minimum Gasteiger partial charge on any atom is -0.207 e. The molecule has 0 N–H and O–H groups in total. The van der Waals surface area contributed by atoms with Crippen molar-refractivity contribution in [1.82, 2.24) is 0 Å². The van der Waals surface area contributed by atoms with Crippen molar-refractivity contribution in [2.75, 3.05) is 0 Å². The summed E-state index contributed by atoms with van der Waals surface area (Å²) >= 11 is 0. The molecule has 1 aliphatic carbocycles. The third kappa shape index (κ3) is 4.75. The van der Waals surface area contributed by atoms with E-state index in [0.29, 0.717) is 11.8 Å². The summed E-state index contributed by atoms with van der Waals surface area (Å²) in [6.45, 7) is 6.48. The Morgan fingerprint density at radius 2 is 1.61 bits per heavy atom. The summed E-state index contributed by atoms with van der Waals surface area (Å²) < 4.78 is 25.9. The molecule has 1 aliphatic rings. The van der Waals surface area contributed by atoms with E-state index in [0.717, 1.165) is 18.1 Å². The number of hydrogen-bond donors (Lipinski definition) is 0. The smallest absolute Gasteiger partial charge is 0.126 e. The normalized spacial score (nSPS) is 22.5. The van der Waals surface area contributed by atoms with Crippen LogP contribution in [-0.4, -0.2) is 0 Å². The molecule has 1 saturated carbocycles. The summed E-state index contributed by atoms with van der Waals surface area (Å²) in [5.41, 5.74) is 0.797. The fourth-order valence-electron chi connectivity index (χ4n) is 2.56. The molecule has 2 rings (SSSR count). The van der Waals surface area contributed by atoms with E-state index in [1.54, 1.807) is 0 Å². The van der Waals surface area contributed by atoms with Crippen molar-refractivity contribution in [3.63, 3.8) is 0 Å². The molecule has 0 aromatic heterocycles. The Bertz CT molecular complexity index is 340. The van der Waals surface area contributed by atoms with Crippen LogP contribution in [0.25, 0.3) is 0 Å². The Labute approximate surface area is 109 Å². The quantitative estimate of drug-likeness (QED) is 0.666. The van der Waals surface area contributed by atoms with E-state index >= 15 is 0 Å². The zero-order valence-electron chi connectivity index (χ0n) is 11.7. The van der Waals surface area contributed by atoms with Crippen molar-refractivity contribution in [2.24, 2.45) is 11.8 Å². The van der Waals surface area contributed by atoms with Crippen LogP contribution in [0.15, 0.2) is 18.2 Å². The highest BCUT2D eigenvalue weighted by atomic mass is 19.1. The predicted molar refractivity (Wildman–Crippen MR) is 72.5 cm³/mol. The predicted octanol–water partition coefficient (Wildman–Crippen LogP) is 5.36. The van der Waals surface area contributed by atoms with E-state index in [2.05, 4.69) is 20.8 Å². The van der Waals surface area contributed by atoms with E-state index < -0.39 is 11.6 Å². The molecule has 0 aliphatic heterocycles. The average molecular weight is 254 g/mol. The standard InChI is InChI=1S/C13H16F2.C3H8/c1-9-3-2-4-11(9)5-10-6-12(14)8-13(15)7-10;1-3-2/h6-9,11H,2-5H2,1H3;3H2,1-2H3/t9-,11-;/m1./s1. The van der Waals surface area contributed by atoms with Crippen LogP contribution in [0.5, 0.6) is 0 Å². The topological polar surface area (TPSA) is 0 Å². The van der Waals surface area contributed by atoms with Crippen LogP contribution in [-0.2, 0) is 6.42 Å². The van der Waals surface area contributed by atoms with Gasteiger partial charge in [-0.2, -0.15) is 0 Å². The van der Waals surface area contributed by atoms with Crippen LogP contribution >= 0.6 is 0 Å². The van der Waals surface area contributed by atoms with Crippen molar-refractivity contribution in [3.8, 4) is 0 Å². The fourth-order valence-corrected chi connectivity index (χ4v) is 2.56. The third-order valence-electron chi connectivity index (χ3n) is 3.46. The van der Waals surface area contributed by atoms with Crippen LogP contribution in [0, 0.1) is 23.5 Å². The lowest BCUT2D eigenvalue weighted by molar-refractivity contribution is 0.415. The molecule has 1 fully saturated rings. The maximum atomic E-state index is 13.0. The fraction of sp³-hybridized carbons (Fsp3) is 0.625. The van der Waals surface area contributed by atoms with Crippen LogP contribution in [0.3, 0.4) is 0 Å². The molecule has 0 radical (unpaired) electrons. The first-order valence-corrected chi connectivity index (χ1v) is 7.01. The largest absolute Gasteiger partial charge is 0.207 e. The summed E-state index contributed by atoms with van der Waals surface area (Å²) in [5, 5.41) is 0. The Balaban J connectivity index is 0.000000492. The van der Waals surface area contributed by atoms with Crippen molar-refractivity contribution >= 4 is 0 Å². The summed E-state index contributed by atoms with van der Waals surface area (Å²) in [6, 6.07) is 3.84. The van der Waals surface area contributed by atoms with Crippen molar-refractivity contribution in [1.29, 1.82) is 0 Å². The summed E-state index contributed by atoms with van der Waals surface area (Å²) in [7, 11) is 0. The SMILES string of the molecule is CCC.C[C@@H]1CCC[C@@H]1Cc1cc(F)cc(F)c1. The second-order valence-electron chi connectivity index (χ2n) is 5.36. The zero-order chi connectivity index (χ0) is 13.5. The van der Waals surface area contributed by atoms with Crippen LogP contribution in [0.1, 0.15) is 52.0 Å². The van der Waals surface area contributed by atoms with Gasteiger partial charge in [0, 0.05) is 6.07 Å². The average Bonchev–Trinajstić information content (AvgIpc) is 2.64. The minimum atomic E-state index is -0.462. The first-order valence-electron chi connectivity index (χ1n) is 7.01. The first kappa shape index (κ1) is 15.1. The van der Waals surface area contributed by atoms with E-state index in [4.69, 9.17) is 0 Å². The second kappa shape index (κ2) is 7.50. The Morgan fingerprint density at radius 1 is 1.06 bits per heavy atom. The van der Waals surface area contributed by atoms with Crippen LogP contribution in [0.4, 0.5) is 8.78 Å². The van der Waals surface area contributed by atoms with E-state index in [1.807, 2.05) is 0 Å². The third-order valence-corrected chi connectivity index (χ3v) is 3.46. The maximum absolute atomic E-state index is 13.0. The summed E-state index contributed by atoms with van der Waals surface area (Å²) in [5.74, 6) is 0.369. The van der Waals surface area contributed by atoms with Crippen molar-refractivity contribution in [3.05, 3.63) is 35.4 Å². The van der Waals surface area contributed by atoms with Gasteiger partial charge in [-0.3, -0.25) is 0 Å². The molecule has 0 spiro atoms. The van der Waals surface area contributed by atoms with Gasteiger partial charge in [0.05, 0.1) is 0 Å². The first-order chi connectivity index (χ1) is 8.56. The number of rotatable bonds is 2. The Hall–Kier alpha value is -0.920. The molecule has 0 unspecified atom stereocenters. The second-order valence-corrected chi connectivity index (χ2v) is 5.36. The molecule has 0 amide bonds. The highest BCUT2D eigenvalue weighted by molar-refractivity contribution is 5.18. The van der Waals surface area contributed by atoms with Crippen LogP contribution < -0.4 is 0 Å². The van der Waals surface area contributed by atoms with Gasteiger partial charge in [-0.05, 0) is 42.4 Å². The molecule has 2 atom stereocenters. The molecule has 0 bridgehead atoms. The monoisotopic (exact) mass is 254 g/mol. The maximum Gasteiger partial charge on any atom is 0.126 e.